The lowest BCUT2D eigenvalue weighted by molar-refractivity contribution is -0.158. The molecule has 1 aromatic heterocycles. The topological polar surface area (TPSA) is 150 Å². The SMILES string of the molecule is COC(=O)C(C)(C)Oc1cccc2oc(C(=O)Nc3ccc(-c4ccc(S(=O)(=O)NC(C(=O)OC(C)(C)C)C(C)C)cc4)cc3)c(C)c12. The lowest BCUT2D eigenvalue weighted by Gasteiger charge is -2.26. The standard InChI is InChI=1S/C36H42N2O9S/c1-21(2)30(33(40)47-35(4,5)6)38-48(42,43)26-19-15-24(16-20-26)23-13-17-25(18-14-23)37-32(39)31-22(3)29-27(45-31)11-10-12-28(29)46-36(7,8)34(41)44-9/h10-21,30,38H,1-9H3,(H,37,39). The maximum Gasteiger partial charge on any atom is 0.349 e. The summed E-state index contributed by atoms with van der Waals surface area (Å²) in [6, 6.07) is 17.4. The Morgan fingerprint density at radius 3 is 1.98 bits per heavy atom. The molecule has 4 aromatic rings. The van der Waals surface area contributed by atoms with Crippen molar-refractivity contribution in [3.05, 3.63) is 78.1 Å². The van der Waals surface area contributed by atoms with Gasteiger partial charge in [-0.2, -0.15) is 4.72 Å². The number of esters is 2. The average molecular weight is 679 g/mol. The number of methoxy groups -OCH3 is 1. The number of aryl methyl sites for hydroxylation is 1. The van der Waals surface area contributed by atoms with Gasteiger partial charge >= 0.3 is 11.9 Å². The van der Waals surface area contributed by atoms with Crippen LogP contribution in [0.5, 0.6) is 5.75 Å². The third kappa shape index (κ3) is 8.23. The van der Waals surface area contributed by atoms with Crippen LogP contribution in [0.1, 0.15) is 64.6 Å². The zero-order chi connectivity index (χ0) is 35.6. The van der Waals surface area contributed by atoms with Crippen LogP contribution in [-0.4, -0.2) is 50.6 Å². The van der Waals surface area contributed by atoms with Crippen LogP contribution in [0.3, 0.4) is 0 Å². The first-order chi connectivity index (χ1) is 22.3. The molecule has 0 spiro atoms. The molecule has 0 aliphatic carbocycles. The minimum Gasteiger partial charge on any atom is -0.475 e. The van der Waals surface area contributed by atoms with Crippen molar-refractivity contribution in [2.45, 2.75) is 77.5 Å². The first-order valence-corrected chi connectivity index (χ1v) is 16.9. The summed E-state index contributed by atoms with van der Waals surface area (Å²) in [6.07, 6.45) is 0. The predicted octanol–water partition coefficient (Wildman–Crippen LogP) is 6.64. The maximum absolute atomic E-state index is 13.3. The van der Waals surface area contributed by atoms with E-state index >= 15 is 0 Å². The monoisotopic (exact) mass is 678 g/mol. The number of furan rings is 1. The molecule has 48 heavy (non-hydrogen) atoms. The van der Waals surface area contributed by atoms with Crippen LogP contribution >= 0.6 is 0 Å². The molecule has 0 radical (unpaired) electrons. The number of amides is 1. The molecule has 11 nitrogen and oxygen atoms in total. The fourth-order valence-electron chi connectivity index (χ4n) is 4.95. The number of hydrogen-bond acceptors (Lipinski definition) is 9. The van der Waals surface area contributed by atoms with Gasteiger partial charge in [0, 0.05) is 11.3 Å². The number of rotatable bonds is 11. The van der Waals surface area contributed by atoms with Gasteiger partial charge in [-0.1, -0.05) is 44.2 Å². The second-order valence-corrected chi connectivity index (χ2v) is 14.9. The summed E-state index contributed by atoms with van der Waals surface area (Å²) in [5.74, 6) is -1.51. The molecule has 12 heteroatoms. The van der Waals surface area contributed by atoms with Crippen LogP contribution in [0, 0.1) is 12.8 Å². The van der Waals surface area contributed by atoms with Crippen molar-refractivity contribution in [2.75, 3.05) is 12.4 Å². The Bertz CT molecular complexity index is 1920. The van der Waals surface area contributed by atoms with Crippen LogP contribution in [0.25, 0.3) is 22.1 Å². The Kier molecular flexibility index (Phi) is 10.4. The molecule has 0 fully saturated rings. The largest absolute Gasteiger partial charge is 0.475 e. The molecular formula is C36H42N2O9S. The number of ether oxygens (including phenoxy) is 3. The zero-order valence-corrected chi connectivity index (χ0v) is 29.4. The van der Waals surface area contributed by atoms with Crippen molar-refractivity contribution >= 4 is 44.5 Å². The molecule has 0 saturated heterocycles. The Balaban J connectivity index is 1.48. The Morgan fingerprint density at radius 1 is 0.854 bits per heavy atom. The van der Waals surface area contributed by atoms with Crippen LogP contribution in [0.15, 0.2) is 76.0 Å². The number of benzene rings is 3. The second-order valence-electron chi connectivity index (χ2n) is 13.2. The van der Waals surface area contributed by atoms with E-state index in [1.165, 1.54) is 19.2 Å². The van der Waals surface area contributed by atoms with Crippen LogP contribution in [0.4, 0.5) is 5.69 Å². The minimum absolute atomic E-state index is 0.00737. The van der Waals surface area contributed by atoms with Gasteiger partial charge in [-0.15, -0.1) is 0 Å². The number of nitrogens with one attached hydrogen (secondary N) is 2. The number of hydrogen-bond donors (Lipinski definition) is 2. The molecule has 1 amide bonds. The fourth-order valence-corrected chi connectivity index (χ4v) is 6.28. The van der Waals surface area contributed by atoms with Crippen molar-refractivity contribution < 1.29 is 41.4 Å². The summed E-state index contributed by atoms with van der Waals surface area (Å²) in [7, 11) is -2.73. The molecule has 0 saturated carbocycles. The Morgan fingerprint density at radius 2 is 1.44 bits per heavy atom. The second kappa shape index (κ2) is 13.8. The van der Waals surface area contributed by atoms with Crippen molar-refractivity contribution in [3.8, 4) is 16.9 Å². The Hall–Kier alpha value is -4.68. The number of carbonyl (C=O) groups is 3. The normalized spacial score (nSPS) is 12.9. The average Bonchev–Trinajstić information content (AvgIpc) is 3.36. The van der Waals surface area contributed by atoms with Gasteiger partial charge in [-0.05, 0) is 95.0 Å². The number of fused-ring (bicyclic) bond motifs is 1. The highest BCUT2D eigenvalue weighted by molar-refractivity contribution is 7.89. The summed E-state index contributed by atoms with van der Waals surface area (Å²) in [4.78, 5) is 38.1. The van der Waals surface area contributed by atoms with E-state index < -0.39 is 45.1 Å². The Labute approximate surface area is 281 Å². The van der Waals surface area contributed by atoms with E-state index in [0.717, 1.165) is 11.1 Å². The van der Waals surface area contributed by atoms with E-state index in [9.17, 15) is 22.8 Å². The van der Waals surface area contributed by atoms with E-state index in [2.05, 4.69) is 10.0 Å². The van der Waals surface area contributed by atoms with Gasteiger partial charge in [-0.25, -0.2) is 13.2 Å². The van der Waals surface area contributed by atoms with Crippen LogP contribution in [0.2, 0.25) is 0 Å². The maximum atomic E-state index is 13.3. The molecule has 4 rings (SSSR count). The number of sulfonamides is 1. The van der Waals surface area contributed by atoms with Crippen LogP contribution in [-0.2, 0) is 29.1 Å². The first kappa shape index (κ1) is 36.2. The quantitative estimate of drug-likeness (QED) is 0.167. The van der Waals surface area contributed by atoms with Gasteiger partial charge < -0.3 is 23.9 Å². The lowest BCUT2D eigenvalue weighted by Crippen LogP contribution is -2.47. The van der Waals surface area contributed by atoms with Gasteiger partial charge in [-0.3, -0.25) is 9.59 Å². The van der Waals surface area contributed by atoms with Crippen molar-refractivity contribution in [1.82, 2.24) is 4.72 Å². The molecule has 1 unspecified atom stereocenters. The highest BCUT2D eigenvalue weighted by Gasteiger charge is 2.33. The lowest BCUT2D eigenvalue weighted by atomic mass is 10.1. The van der Waals surface area contributed by atoms with Gasteiger partial charge in [0.25, 0.3) is 5.91 Å². The summed E-state index contributed by atoms with van der Waals surface area (Å²) in [5, 5.41) is 3.41. The molecule has 0 bridgehead atoms. The van der Waals surface area contributed by atoms with E-state index in [1.54, 1.807) is 110 Å². The van der Waals surface area contributed by atoms with Gasteiger partial charge in [0.2, 0.25) is 10.0 Å². The highest BCUT2D eigenvalue weighted by atomic mass is 32.2. The molecule has 0 aliphatic rings. The molecular weight excluding hydrogens is 636 g/mol. The summed E-state index contributed by atoms with van der Waals surface area (Å²) in [5.41, 5.74) is 0.997. The molecule has 0 aliphatic heterocycles. The molecule has 3 aromatic carbocycles. The summed E-state index contributed by atoms with van der Waals surface area (Å²) >= 11 is 0. The van der Waals surface area contributed by atoms with E-state index in [0.29, 0.717) is 28.0 Å². The number of anilines is 1. The summed E-state index contributed by atoms with van der Waals surface area (Å²) < 4.78 is 50.9. The third-order valence-corrected chi connectivity index (χ3v) is 8.87. The fraction of sp³-hybridized carbons (Fsp3) is 0.361. The molecule has 1 heterocycles. The van der Waals surface area contributed by atoms with Gasteiger partial charge in [0.05, 0.1) is 17.4 Å². The predicted molar refractivity (Wildman–Crippen MR) is 182 cm³/mol. The molecule has 256 valence electrons. The molecule has 1 atom stereocenters. The smallest absolute Gasteiger partial charge is 0.349 e. The van der Waals surface area contributed by atoms with Crippen LogP contribution < -0.4 is 14.8 Å². The van der Waals surface area contributed by atoms with Gasteiger partial charge in [0.1, 0.15) is 23.0 Å². The highest BCUT2D eigenvalue weighted by Crippen LogP contribution is 2.35. The minimum atomic E-state index is -4.02. The van der Waals surface area contributed by atoms with Crippen molar-refractivity contribution in [3.63, 3.8) is 0 Å². The first-order valence-electron chi connectivity index (χ1n) is 15.4. The van der Waals surface area contributed by atoms with E-state index in [4.69, 9.17) is 18.6 Å². The van der Waals surface area contributed by atoms with Crippen molar-refractivity contribution in [1.29, 1.82) is 0 Å². The van der Waals surface area contributed by atoms with Gasteiger partial charge in [0.15, 0.2) is 11.4 Å². The van der Waals surface area contributed by atoms with E-state index in [1.807, 2.05) is 0 Å². The molecule has 2 N–H and O–H groups in total. The summed E-state index contributed by atoms with van der Waals surface area (Å²) in [6.45, 7) is 13.6. The van der Waals surface area contributed by atoms with Crippen molar-refractivity contribution in [2.24, 2.45) is 5.92 Å². The zero-order valence-electron chi connectivity index (χ0n) is 28.6. The number of carbonyl (C=O) groups excluding carboxylic acids is 3. The third-order valence-electron chi connectivity index (χ3n) is 7.41. The van der Waals surface area contributed by atoms with E-state index in [-0.39, 0.29) is 16.6 Å².